The summed E-state index contributed by atoms with van der Waals surface area (Å²) in [6, 6.07) is 9.42. The van der Waals surface area contributed by atoms with Crippen molar-refractivity contribution >= 4 is 11.8 Å². The van der Waals surface area contributed by atoms with E-state index in [2.05, 4.69) is 4.98 Å². The Morgan fingerprint density at radius 1 is 1.14 bits per heavy atom. The molecule has 0 saturated heterocycles. The van der Waals surface area contributed by atoms with Crippen LogP contribution >= 0.6 is 0 Å². The smallest absolute Gasteiger partial charge is 0.242 e. The second kappa shape index (κ2) is 8.73. The van der Waals surface area contributed by atoms with Crippen LogP contribution in [0, 0.1) is 0 Å². The summed E-state index contributed by atoms with van der Waals surface area (Å²) in [5.41, 5.74) is 2.95. The van der Waals surface area contributed by atoms with Crippen molar-refractivity contribution < 1.29 is 19.1 Å². The number of carbonyl (C=O) groups is 2. The Hall–Kier alpha value is -3.09. The molecule has 0 fully saturated rings. The van der Waals surface area contributed by atoms with E-state index < -0.39 is 0 Å². The number of aromatic nitrogens is 1. The number of hydrogen-bond donors (Lipinski definition) is 0. The lowest BCUT2D eigenvalue weighted by molar-refractivity contribution is -0.140. The zero-order valence-corrected chi connectivity index (χ0v) is 16.5. The number of benzene rings is 1. The van der Waals surface area contributed by atoms with Crippen LogP contribution in [0.2, 0.25) is 0 Å². The molecule has 0 bridgehead atoms. The van der Waals surface area contributed by atoms with E-state index in [9.17, 15) is 9.59 Å². The summed E-state index contributed by atoms with van der Waals surface area (Å²) >= 11 is 0. The first-order valence-electron chi connectivity index (χ1n) is 9.18. The highest BCUT2D eigenvalue weighted by atomic mass is 16.5. The molecule has 28 heavy (non-hydrogen) atoms. The van der Waals surface area contributed by atoms with Crippen LogP contribution in [0.3, 0.4) is 0 Å². The molecule has 3 rings (SSSR count). The number of methoxy groups -OCH3 is 2. The molecule has 0 radical (unpaired) electrons. The van der Waals surface area contributed by atoms with Gasteiger partial charge in [0, 0.05) is 26.2 Å². The summed E-state index contributed by atoms with van der Waals surface area (Å²) in [5.74, 6) is 1.12. The van der Waals surface area contributed by atoms with E-state index in [1.54, 1.807) is 25.3 Å². The van der Waals surface area contributed by atoms with Gasteiger partial charge in [-0.05, 0) is 41.8 Å². The molecule has 2 heterocycles. The molecule has 0 saturated carbocycles. The van der Waals surface area contributed by atoms with E-state index in [-0.39, 0.29) is 18.4 Å². The van der Waals surface area contributed by atoms with Gasteiger partial charge in [0.15, 0.2) is 11.5 Å². The minimum Gasteiger partial charge on any atom is -0.493 e. The molecule has 7 heteroatoms. The highest BCUT2D eigenvalue weighted by Crippen LogP contribution is 2.33. The number of ether oxygens (including phenoxy) is 2. The first kappa shape index (κ1) is 19.7. The van der Waals surface area contributed by atoms with Gasteiger partial charge in [-0.1, -0.05) is 6.07 Å². The van der Waals surface area contributed by atoms with E-state index in [0.717, 1.165) is 23.2 Å². The molecule has 2 aromatic rings. The second-order valence-corrected chi connectivity index (χ2v) is 6.74. The molecule has 0 spiro atoms. The predicted molar refractivity (Wildman–Crippen MR) is 104 cm³/mol. The number of fused-ring (bicyclic) bond motifs is 1. The third kappa shape index (κ3) is 4.42. The zero-order chi connectivity index (χ0) is 20.1. The number of nitrogens with zero attached hydrogens (tertiary/aromatic N) is 3. The molecule has 0 unspecified atom stereocenters. The minimum atomic E-state index is -0.150. The quantitative estimate of drug-likeness (QED) is 0.763. The Morgan fingerprint density at radius 2 is 1.86 bits per heavy atom. The fourth-order valence-electron chi connectivity index (χ4n) is 3.33. The first-order chi connectivity index (χ1) is 13.5. The summed E-state index contributed by atoms with van der Waals surface area (Å²) < 4.78 is 10.7. The molecule has 0 N–H and O–H groups in total. The molecule has 7 nitrogen and oxygen atoms in total. The molecule has 148 valence electrons. The van der Waals surface area contributed by atoms with Gasteiger partial charge in [0.25, 0.3) is 0 Å². The van der Waals surface area contributed by atoms with Gasteiger partial charge in [0.05, 0.1) is 26.5 Å². The van der Waals surface area contributed by atoms with E-state index >= 15 is 0 Å². The average molecular weight is 383 g/mol. The highest BCUT2D eigenvalue weighted by Gasteiger charge is 2.25. The Labute approximate surface area is 164 Å². The molecule has 0 atom stereocenters. The number of rotatable bonds is 6. The SMILES string of the molecule is COc1cc2c(cc1OC)CN(C(=O)CN(Cc1ccccn1)C(C)=O)CC2. The largest absolute Gasteiger partial charge is 0.493 e. The number of hydrogen-bond acceptors (Lipinski definition) is 5. The van der Waals surface area contributed by atoms with E-state index in [1.165, 1.54) is 11.8 Å². The van der Waals surface area contributed by atoms with Crippen molar-refractivity contribution in [2.24, 2.45) is 0 Å². The van der Waals surface area contributed by atoms with Gasteiger partial charge in [0.2, 0.25) is 11.8 Å². The summed E-state index contributed by atoms with van der Waals surface area (Å²) in [4.78, 5) is 32.4. The standard InChI is InChI=1S/C21H25N3O4/c1-15(25)24(13-18-6-4-5-8-22-18)14-21(26)23-9-7-16-10-19(27-2)20(28-3)11-17(16)12-23/h4-6,8,10-11H,7,9,12-14H2,1-3H3. The van der Waals surface area contributed by atoms with Crippen molar-refractivity contribution in [2.45, 2.75) is 26.4 Å². The molecule has 2 amide bonds. The Morgan fingerprint density at radius 3 is 2.46 bits per heavy atom. The normalized spacial score (nSPS) is 12.9. The molecule has 1 aliphatic rings. The van der Waals surface area contributed by atoms with Gasteiger partial charge < -0.3 is 19.3 Å². The van der Waals surface area contributed by atoms with Crippen molar-refractivity contribution in [3.05, 3.63) is 53.3 Å². The fourth-order valence-corrected chi connectivity index (χ4v) is 3.33. The topological polar surface area (TPSA) is 72.0 Å². The summed E-state index contributed by atoms with van der Waals surface area (Å²) in [7, 11) is 3.21. The van der Waals surface area contributed by atoms with Crippen LogP contribution in [0.4, 0.5) is 0 Å². The Balaban J connectivity index is 1.70. The second-order valence-electron chi connectivity index (χ2n) is 6.74. The number of carbonyl (C=O) groups excluding carboxylic acids is 2. The van der Waals surface area contributed by atoms with Crippen molar-refractivity contribution in [2.75, 3.05) is 27.3 Å². The molecule has 0 aliphatic carbocycles. The van der Waals surface area contributed by atoms with E-state index in [4.69, 9.17) is 9.47 Å². The third-order valence-corrected chi connectivity index (χ3v) is 4.92. The van der Waals surface area contributed by atoms with Crippen LogP contribution < -0.4 is 9.47 Å². The lowest BCUT2D eigenvalue weighted by Gasteiger charge is -2.31. The number of amides is 2. The van der Waals surface area contributed by atoms with Gasteiger partial charge in [-0.3, -0.25) is 14.6 Å². The zero-order valence-electron chi connectivity index (χ0n) is 16.5. The summed E-state index contributed by atoms with van der Waals surface area (Å²) in [6.45, 7) is 2.92. The lowest BCUT2D eigenvalue weighted by atomic mass is 9.98. The minimum absolute atomic E-state index is 0.0362. The number of pyridine rings is 1. The van der Waals surface area contributed by atoms with Crippen LogP contribution in [0.1, 0.15) is 23.7 Å². The average Bonchev–Trinajstić information content (AvgIpc) is 2.72. The Bertz CT molecular complexity index is 854. The molecular weight excluding hydrogens is 358 g/mol. The van der Waals surface area contributed by atoms with Crippen molar-refractivity contribution in [1.29, 1.82) is 0 Å². The van der Waals surface area contributed by atoms with Crippen LogP contribution in [0.5, 0.6) is 11.5 Å². The predicted octanol–water partition coefficient (Wildman–Crippen LogP) is 2.03. The van der Waals surface area contributed by atoms with E-state index in [1.807, 2.05) is 30.3 Å². The molecule has 1 aromatic heterocycles. The highest BCUT2D eigenvalue weighted by molar-refractivity contribution is 5.84. The molecule has 1 aliphatic heterocycles. The van der Waals surface area contributed by atoms with Crippen LogP contribution in [0.25, 0.3) is 0 Å². The maximum Gasteiger partial charge on any atom is 0.242 e. The first-order valence-corrected chi connectivity index (χ1v) is 9.18. The van der Waals surface area contributed by atoms with Gasteiger partial charge in [-0.25, -0.2) is 0 Å². The van der Waals surface area contributed by atoms with E-state index in [0.29, 0.717) is 31.1 Å². The third-order valence-electron chi connectivity index (χ3n) is 4.92. The fraction of sp³-hybridized carbons (Fsp3) is 0.381. The van der Waals surface area contributed by atoms with Gasteiger partial charge in [-0.2, -0.15) is 0 Å². The molecule has 1 aromatic carbocycles. The van der Waals surface area contributed by atoms with Gasteiger partial charge >= 0.3 is 0 Å². The van der Waals surface area contributed by atoms with Crippen molar-refractivity contribution in [3.63, 3.8) is 0 Å². The van der Waals surface area contributed by atoms with Crippen LogP contribution in [-0.2, 0) is 29.1 Å². The summed E-state index contributed by atoms with van der Waals surface area (Å²) in [6.07, 6.45) is 2.42. The lowest BCUT2D eigenvalue weighted by Crippen LogP contribution is -2.44. The van der Waals surface area contributed by atoms with Crippen LogP contribution in [-0.4, -0.2) is 53.9 Å². The maximum absolute atomic E-state index is 12.8. The monoisotopic (exact) mass is 383 g/mol. The Kier molecular flexibility index (Phi) is 6.13. The molecular formula is C21H25N3O4. The van der Waals surface area contributed by atoms with Gasteiger partial charge in [-0.15, -0.1) is 0 Å². The maximum atomic E-state index is 12.8. The van der Waals surface area contributed by atoms with Crippen LogP contribution in [0.15, 0.2) is 36.5 Å². The summed E-state index contributed by atoms with van der Waals surface area (Å²) in [5, 5.41) is 0. The van der Waals surface area contributed by atoms with Crippen molar-refractivity contribution in [1.82, 2.24) is 14.8 Å². The van der Waals surface area contributed by atoms with Crippen molar-refractivity contribution in [3.8, 4) is 11.5 Å². The van der Waals surface area contributed by atoms with Gasteiger partial charge in [0.1, 0.15) is 6.54 Å².